The van der Waals surface area contributed by atoms with E-state index in [0.717, 1.165) is 60.2 Å². The summed E-state index contributed by atoms with van der Waals surface area (Å²) in [4.78, 5) is 9.30. The Morgan fingerprint density at radius 3 is 3.04 bits per heavy atom. The second-order valence-corrected chi connectivity index (χ2v) is 7.09. The second-order valence-electron chi connectivity index (χ2n) is 6.66. The fourth-order valence-electron chi connectivity index (χ4n) is 3.69. The lowest BCUT2D eigenvalue weighted by molar-refractivity contribution is 0.110. The molecule has 0 aliphatic carbocycles. The van der Waals surface area contributed by atoms with Crippen LogP contribution in [0.4, 0.5) is 0 Å². The van der Waals surface area contributed by atoms with Crippen molar-refractivity contribution >= 4 is 24.0 Å². The Labute approximate surface area is 162 Å². The molecule has 1 aromatic carbocycles. The Bertz CT molecular complexity index is 959. The van der Waals surface area contributed by atoms with Gasteiger partial charge in [-0.05, 0) is 38.0 Å². The van der Waals surface area contributed by atoms with E-state index in [-0.39, 0.29) is 18.5 Å². The van der Waals surface area contributed by atoms with Crippen molar-refractivity contribution in [2.75, 3.05) is 6.61 Å². The third-order valence-electron chi connectivity index (χ3n) is 4.98. The molecule has 26 heavy (non-hydrogen) atoms. The number of rotatable bonds is 2. The van der Waals surface area contributed by atoms with Crippen molar-refractivity contribution in [1.29, 1.82) is 0 Å². The first-order valence-electron chi connectivity index (χ1n) is 8.57. The van der Waals surface area contributed by atoms with Gasteiger partial charge in [0.05, 0.1) is 36.1 Å². The Kier molecular flexibility index (Phi) is 4.50. The summed E-state index contributed by atoms with van der Waals surface area (Å²) in [5, 5.41) is 5.45. The van der Waals surface area contributed by atoms with E-state index in [2.05, 4.69) is 9.55 Å². The van der Waals surface area contributed by atoms with Gasteiger partial charge >= 0.3 is 0 Å². The SMILES string of the molecule is Cc1ncn2c1Cn1nc(CC3CCCO3)nc1-c1cc(Cl)ccc1-2.Cl. The van der Waals surface area contributed by atoms with Gasteiger partial charge in [0.25, 0.3) is 0 Å². The third-order valence-corrected chi connectivity index (χ3v) is 5.22. The fourth-order valence-corrected chi connectivity index (χ4v) is 3.87. The van der Waals surface area contributed by atoms with Gasteiger partial charge in [0.1, 0.15) is 0 Å². The monoisotopic (exact) mass is 391 g/mol. The van der Waals surface area contributed by atoms with Crippen molar-refractivity contribution in [3.8, 4) is 17.1 Å². The summed E-state index contributed by atoms with van der Waals surface area (Å²) in [6.45, 7) is 3.51. The van der Waals surface area contributed by atoms with Crippen molar-refractivity contribution in [2.24, 2.45) is 0 Å². The topological polar surface area (TPSA) is 57.8 Å². The Morgan fingerprint density at radius 1 is 1.35 bits per heavy atom. The summed E-state index contributed by atoms with van der Waals surface area (Å²) in [5.41, 5.74) is 4.14. The molecule has 0 N–H and O–H groups in total. The number of fused-ring (bicyclic) bond motifs is 5. The van der Waals surface area contributed by atoms with Crippen molar-refractivity contribution in [3.63, 3.8) is 0 Å². The molecule has 2 aromatic heterocycles. The first-order valence-corrected chi connectivity index (χ1v) is 8.95. The first-order chi connectivity index (χ1) is 12.2. The number of nitrogens with zero attached hydrogens (tertiary/aromatic N) is 5. The summed E-state index contributed by atoms with van der Waals surface area (Å²) in [5.74, 6) is 1.69. The highest BCUT2D eigenvalue weighted by molar-refractivity contribution is 6.31. The molecule has 0 amide bonds. The van der Waals surface area contributed by atoms with E-state index in [1.54, 1.807) is 0 Å². The average Bonchev–Trinajstić information content (AvgIpc) is 3.30. The Balaban J connectivity index is 0.00000168. The lowest BCUT2D eigenvalue weighted by atomic mass is 10.1. The maximum Gasteiger partial charge on any atom is 0.160 e. The van der Waals surface area contributed by atoms with Crippen LogP contribution < -0.4 is 0 Å². The number of hydrogen-bond acceptors (Lipinski definition) is 4. The van der Waals surface area contributed by atoms with Gasteiger partial charge in [-0.2, -0.15) is 5.10 Å². The maximum atomic E-state index is 6.27. The highest BCUT2D eigenvalue weighted by Crippen LogP contribution is 2.33. The van der Waals surface area contributed by atoms with Crippen LogP contribution in [-0.4, -0.2) is 37.0 Å². The van der Waals surface area contributed by atoms with Crippen LogP contribution in [0.15, 0.2) is 24.5 Å². The van der Waals surface area contributed by atoms with Crippen molar-refractivity contribution in [1.82, 2.24) is 24.3 Å². The van der Waals surface area contributed by atoms with Gasteiger partial charge in [-0.3, -0.25) is 0 Å². The molecule has 2 aliphatic heterocycles. The molecule has 5 rings (SSSR count). The number of benzene rings is 1. The molecule has 2 aliphatic rings. The molecule has 1 saturated heterocycles. The standard InChI is InChI=1S/C18H18ClN5O.ClH/c1-11-16-9-24-18(21-17(22-24)8-13-3-2-6-25-13)14-7-12(19)4-5-15(14)23(16)10-20-11;/h4-5,7,10,13H,2-3,6,8-9H2,1H3;1H. The van der Waals surface area contributed by atoms with Crippen LogP contribution in [0, 0.1) is 6.92 Å². The number of imidazole rings is 1. The summed E-state index contributed by atoms with van der Waals surface area (Å²) in [7, 11) is 0. The molecule has 0 spiro atoms. The molecule has 136 valence electrons. The molecule has 6 nitrogen and oxygen atoms in total. The van der Waals surface area contributed by atoms with Gasteiger partial charge in [0.2, 0.25) is 0 Å². The third kappa shape index (κ3) is 2.82. The Hall–Kier alpha value is -1.89. The number of aromatic nitrogens is 5. The van der Waals surface area contributed by atoms with Crippen LogP contribution in [0.1, 0.15) is 30.1 Å². The minimum atomic E-state index is 0. The van der Waals surface area contributed by atoms with Crippen LogP contribution in [0.3, 0.4) is 0 Å². The van der Waals surface area contributed by atoms with E-state index in [1.165, 1.54) is 0 Å². The van der Waals surface area contributed by atoms with Crippen LogP contribution >= 0.6 is 24.0 Å². The zero-order chi connectivity index (χ0) is 17.0. The van der Waals surface area contributed by atoms with Gasteiger partial charge in [-0.25, -0.2) is 14.6 Å². The normalized spacial score (nSPS) is 17.8. The number of ether oxygens (including phenoxy) is 1. The summed E-state index contributed by atoms with van der Waals surface area (Å²) in [6, 6.07) is 5.88. The molecule has 8 heteroatoms. The molecule has 1 atom stereocenters. The molecular weight excluding hydrogens is 373 g/mol. The summed E-state index contributed by atoms with van der Waals surface area (Å²) >= 11 is 6.27. The van der Waals surface area contributed by atoms with Crippen molar-refractivity contribution in [2.45, 2.75) is 38.8 Å². The van der Waals surface area contributed by atoms with E-state index in [4.69, 9.17) is 26.4 Å². The van der Waals surface area contributed by atoms with Crippen molar-refractivity contribution < 1.29 is 4.74 Å². The molecule has 0 bridgehead atoms. The zero-order valence-electron chi connectivity index (χ0n) is 14.4. The lowest BCUT2D eigenvalue weighted by Crippen LogP contribution is -2.11. The number of aryl methyl sites for hydroxylation is 1. The minimum Gasteiger partial charge on any atom is -0.378 e. The second kappa shape index (κ2) is 6.68. The molecule has 3 aromatic rings. The van der Waals surface area contributed by atoms with Gasteiger partial charge < -0.3 is 9.30 Å². The van der Waals surface area contributed by atoms with E-state index in [0.29, 0.717) is 11.6 Å². The maximum absolute atomic E-state index is 6.27. The minimum absolute atomic E-state index is 0. The molecule has 4 heterocycles. The number of halogens is 2. The highest BCUT2D eigenvalue weighted by Gasteiger charge is 2.25. The molecule has 0 saturated carbocycles. The quantitative estimate of drug-likeness (QED) is 0.523. The van der Waals surface area contributed by atoms with Crippen LogP contribution in [-0.2, 0) is 17.7 Å². The number of hydrogen-bond donors (Lipinski definition) is 0. The Morgan fingerprint density at radius 2 is 2.23 bits per heavy atom. The van der Waals surface area contributed by atoms with Crippen LogP contribution in [0.5, 0.6) is 0 Å². The first kappa shape index (κ1) is 17.5. The van der Waals surface area contributed by atoms with E-state index in [9.17, 15) is 0 Å². The molecule has 1 unspecified atom stereocenters. The molecular formula is C18H19Cl2N5O. The summed E-state index contributed by atoms with van der Waals surface area (Å²) < 4.78 is 9.81. The van der Waals surface area contributed by atoms with E-state index < -0.39 is 0 Å². The van der Waals surface area contributed by atoms with Gasteiger partial charge in [0.15, 0.2) is 11.6 Å². The van der Waals surface area contributed by atoms with E-state index in [1.807, 2.05) is 36.1 Å². The van der Waals surface area contributed by atoms with Crippen molar-refractivity contribution in [3.05, 3.63) is 46.8 Å². The fraction of sp³-hybridized carbons (Fsp3) is 0.389. The highest BCUT2D eigenvalue weighted by atomic mass is 35.5. The van der Waals surface area contributed by atoms with Gasteiger partial charge in [0, 0.05) is 23.6 Å². The van der Waals surface area contributed by atoms with Crippen LogP contribution in [0.2, 0.25) is 5.02 Å². The van der Waals surface area contributed by atoms with Crippen LogP contribution in [0.25, 0.3) is 17.1 Å². The molecule has 0 radical (unpaired) electrons. The average molecular weight is 392 g/mol. The smallest absolute Gasteiger partial charge is 0.160 e. The predicted molar refractivity (Wildman–Crippen MR) is 101 cm³/mol. The summed E-state index contributed by atoms with van der Waals surface area (Å²) in [6.07, 6.45) is 5.05. The zero-order valence-corrected chi connectivity index (χ0v) is 15.9. The van der Waals surface area contributed by atoms with Gasteiger partial charge in [-0.1, -0.05) is 11.6 Å². The molecule has 1 fully saturated rings. The van der Waals surface area contributed by atoms with Gasteiger partial charge in [-0.15, -0.1) is 12.4 Å². The van der Waals surface area contributed by atoms with E-state index >= 15 is 0 Å². The largest absolute Gasteiger partial charge is 0.378 e. The predicted octanol–water partition coefficient (Wildman–Crippen LogP) is 3.60. The lowest BCUT2D eigenvalue weighted by Gasteiger charge is -2.09.